The molecule has 0 saturated heterocycles. The van der Waals surface area contributed by atoms with Gasteiger partial charge in [-0.2, -0.15) is 4.98 Å². The fraction of sp³-hybridized carbons (Fsp3) is 0.444. The van der Waals surface area contributed by atoms with Gasteiger partial charge in [-0.3, -0.25) is 4.79 Å². The minimum absolute atomic E-state index is 0.0681. The number of thioether (sulfide) groups is 1. The number of ketones is 1. The Hall–Kier alpha value is -1.30. The molecule has 0 amide bonds. The van der Waals surface area contributed by atoms with Crippen LogP contribution in [0, 0.1) is 0 Å². The molecule has 0 bridgehead atoms. The van der Waals surface area contributed by atoms with E-state index < -0.39 is 0 Å². The van der Waals surface area contributed by atoms with E-state index in [-0.39, 0.29) is 11.5 Å². The van der Waals surface area contributed by atoms with Crippen molar-refractivity contribution in [1.29, 1.82) is 0 Å². The molecule has 0 saturated carbocycles. The van der Waals surface area contributed by atoms with Gasteiger partial charge in [-0.25, -0.2) is 9.47 Å². The fourth-order valence-electron chi connectivity index (χ4n) is 0.941. The van der Waals surface area contributed by atoms with Crippen LogP contribution in [0.25, 0.3) is 0 Å². The molecule has 82 valence electrons. The Kier molecular flexibility index (Phi) is 3.90. The third-order valence-electron chi connectivity index (χ3n) is 1.61. The van der Waals surface area contributed by atoms with Crippen LogP contribution in [0.4, 0.5) is 0 Å². The Morgan fingerprint density at radius 1 is 1.60 bits per heavy atom. The highest BCUT2D eigenvalue weighted by atomic mass is 32.2. The van der Waals surface area contributed by atoms with Crippen molar-refractivity contribution in [1.82, 2.24) is 9.66 Å². The molecule has 0 spiro atoms. The second kappa shape index (κ2) is 4.97. The molecule has 0 radical (unpaired) electrons. The zero-order chi connectivity index (χ0) is 11.4. The van der Waals surface area contributed by atoms with Crippen molar-refractivity contribution in [3.63, 3.8) is 0 Å². The number of hydrogen-bond acceptors (Lipinski definition) is 5. The molecule has 0 aliphatic rings. The number of Topliss-reactive ketones (excluding diaryl/α,β-unsaturated/α-hetero) is 1. The lowest BCUT2D eigenvalue weighted by Gasteiger charge is -2.14. The molecule has 0 unspecified atom stereocenters. The van der Waals surface area contributed by atoms with E-state index in [0.717, 1.165) is 0 Å². The second-order valence-electron chi connectivity index (χ2n) is 3.23. The standard InChI is InChI=1S/C9H13N3O2S/c1-7(13)6-15-8-4-5-12(11(2)3)9(14)10-8/h4-5H,6H2,1-3H3. The minimum Gasteiger partial charge on any atom is -0.315 e. The Morgan fingerprint density at radius 2 is 2.27 bits per heavy atom. The van der Waals surface area contributed by atoms with Gasteiger partial charge < -0.3 is 5.01 Å². The zero-order valence-electron chi connectivity index (χ0n) is 8.93. The van der Waals surface area contributed by atoms with Crippen molar-refractivity contribution < 1.29 is 4.79 Å². The van der Waals surface area contributed by atoms with Gasteiger partial charge in [-0.1, -0.05) is 11.8 Å². The van der Waals surface area contributed by atoms with Gasteiger partial charge in [0.25, 0.3) is 0 Å². The van der Waals surface area contributed by atoms with Crippen LogP contribution in [0.1, 0.15) is 6.92 Å². The quantitative estimate of drug-likeness (QED) is 0.540. The van der Waals surface area contributed by atoms with E-state index in [0.29, 0.717) is 10.8 Å². The van der Waals surface area contributed by atoms with Crippen LogP contribution in [0.3, 0.4) is 0 Å². The first-order chi connectivity index (χ1) is 7.00. The molecule has 1 heterocycles. The molecule has 1 aromatic rings. The number of aromatic nitrogens is 2. The number of rotatable bonds is 4. The molecule has 1 aromatic heterocycles. The molecule has 0 aromatic carbocycles. The van der Waals surface area contributed by atoms with Crippen molar-refractivity contribution in [3.8, 4) is 0 Å². The molecule has 5 nitrogen and oxygen atoms in total. The number of carbonyl (C=O) groups is 1. The highest BCUT2D eigenvalue weighted by Crippen LogP contribution is 2.12. The van der Waals surface area contributed by atoms with Gasteiger partial charge in [0, 0.05) is 20.3 Å². The Labute approximate surface area is 92.1 Å². The van der Waals surface area contributed by atoms with Crippen LogP contribution in [0.5, 0.6) is 0 Å². The van der Waals surface area contributed by atoms with Gasteiger partial charge in [0.1, 0.15) is 10.8 Å². The maximum atomic E-state index is 11.4. The van der Waals surface area contributed by atoms with Gasteiger partial charge in [0.05, 0.1) is 5.75 Å². The maximum Gasteiger partial charge on any atom is 0.367 e. The minimum atomic E-state index is -0.339. The van der Waals surface area contributed by atoms with Crippen LogP contribution >= 0.6 is 11.8 Å². The Balaban J connectivity index is 2.83. The summed E-state index contributed by atoms with van der Waals surface area (Å²) in [6.45, 7) is 1.51. The van der Waals surface area contributed by atoms with Crippen LogP contribution in [0.2, 0.25) is 0 Å². The third kappa shape index (κ3) is 3.39. The first kappa shape index (κ1) is 11.8. The summed E-state index contributed by atoms with van der Waals surface area (Å²) in [7, 11) is 3.51. The predicted octanol–water partition coefficient (Wildman–Crippen LogP) is 0.122. The van der Waals surface area contributed by atoms with Gasteiger partial charge in [-0.05, 0) is 13.0 Å². The van der Waals surface area contributed by atoms with Crippen molar-refractivity contribution in [2.75, 3.05) is 24.9 Å². The van der Waals surface area contributed by atoms with E-state index >= 15 is 0 Å². The third-order valence-corrected chi connectivity index (χ3v) is 2.69. The van der Waals surface area contributed by atoms with E-state index in [9.17, 15) is 9.59 Å². The van der Waals surface area contributed by atoms with E-state index in [1.165, 1.54) is 23.4 Å². The van der Waals surface area contributed by atoms with Crippen LogP contribution in [-0.4, -0.2) is 35.3 Å². The smallest absolute Gasteiger partial charge is 0.315 e. The monoisotopic (exact) mass is 227 g/mol. The summed E-state index contributed by atoms with van der Waals surface area (Å²) in [4.78, 5) is 26.0. The largest absolute Gasteiger partial charge is 0.367 e. The van der Waals surface area contributed by atoms with E-state index in [1.807, 2.05) is 0 Å². The zero-order valence-corrected chi connectivity index (χ0v) is 9.74. The summed E-state index contributed by atoms with van der Waals surface area (Å²) in [5.74, 6) is 0.414. The highest BCUT2D eigenvalue weighted by molar-refractivity contribution is 7.99. The summed E-state index contributed by atoms with van der Waals surface area (Å²) in [5, 5.41) is 2.21. The lowest BCUT2D eigenvalue weighted by molar-refractivity contribution is -0.114. The van der Waals surface area contributed by atoms with Crippen LogP contribution in [0.15, 0.2) is 22.1 Å². The lowest BCUT2D eigenvalue weighted by Crippen LogP contribution is -2.36. The number of nitrogens with zero attached hydrogens (tertiary/aromatic N) is 3. The van der Waals surface area contributed by atoms with E-state index in [2.05, 4.69) is 4.98 Å². The van der Waals surface area contributed by atoms with Gasteiger partial charge in [0.2, 0.25) is 0 Å². The number of carbonyl (C=O) groups excluding carboxylic acids is 1. The molecule has 0 fully saturated rings. The van der Waals surface area contributed by atoms with E-state index in [1.54, 1.807) is 31.4 Å². The lowest BCUT2D eigenvalue weighted by atomic mass is 10.5. The summed E-state index contributed by atoms with van der Waals surface area (Å²) in [5.41, 5.74) is -0.339. The SMILES string of the molecule is CC(=O)CSc1ccn(N(C)C)c(=O)n1. The average molecular weight is 227 g/mol. The molecule has 0 aliphatic heterocycles. The number of hydrogen-bond donors (Lipinski definition) is 0. The maximum absolute atomic E-state index is 11.4. The molecule has 1 rings (SSSR count). The molecule has 0 aliphatic carbocycles. The fourth-order valence-corrected chi connectivity index (χ4v) is 1.59. The van der Waals surface area contributed by atoms with Gasteiger partial charge in [0.15, 0.2) is 0 Å². The highest BCUT2D eigenvalue weighted by Gasteiger charge is 2.03. The Morgan fingerprint density at radius 3 is 2.73 bits per heavy atom. The predicted molar refractivity (Wildman–Crippen MR) is 60.0 cm³/mol. The summed E-state index contributed by atoms with van der Waals surface area (Å²) >= 11 is 1.27. The topological polar surface area (TPSA) is 55.2 Å². The van der Waals surface area contributed by atoms with Crippen molar-refractivity contribution >= 4 is 17.5 Å². The first-order valence-electron chi connectivity index (χ1n) is 4.40. The van der Waals surface area contributed by atoms with Gasteiger partial charge >= 0.3 is 5.69 Å². The average Bonchev–Trinajstić information content (AvgIpc) is 2.14. The second-order valence-corrected chi connectivity index (χ2v) is 4.23. The summed E-state index contributed by atoms with van der Waals surface area (Å²) < 4.78 is 1.39. The van der Waals surface area contributed by atoms with E-state index in [4.69, 9.17) is 0 Å². The van der Waals surface area contributed by atoms with Crippen molar-refractivity contribution in [2.45, 2.75) is 11.9 Å². The molecule has 0 N–H and O–H groups in total. The van der Waals surface area contributed by atoms with Crippen LogP contribution in [-0.2, 0) is 4.79 Å². The molecule has 6 heteroatoms. The summed E-state index contributed by atoms with van der Waals surface area (Å²) in [6.07, 6.45) is 1.64. The summed E-state index contributed by atoms with van der Waals surface area (Å²) in [6, 6.07) is 1.72. The van der Waals surface area contributed by atoms with Crippen LogP contribution < -0.4 is 10.7 Å². The normalized spacial score (nSPS) is 10.1. The van der Waals surface area contributed by atoms with Gasteiger partial charge in [-0.15, -0.1) is 0 Å². The molecular formula is C9H13N3O2S. The van der Waals surface area contributed by atoms with Crippen molar-refractivity contribution in [3.05, 3.63) is 22.7 Å². The molecular weight excluding hydrogens is 214 g/mol. The Bertz CT molecular complexity index is 414. The van der Waals surface area contributed by atoms with Crippen molar-refractivity contribution in [2.24, 2.45) is 0 Å². The molecule has 15 heavy (non-hydrogen) atoms. The first-order valence-corrected chi connectivity index (χ1v) is 5.39. The molecule has 0 atom stereocenters.